The fourth-order valence-electron chi connectivity index (χ4n) is 2.41. The topological polar surface area (TPSA) is 100 Å². The molecule has 0 bridgehead atoms. The number of nitrogens with one attached hydrogen (secondary N) is 1. The first-order valence-corrected chi connectivity index (χ1v) is 6.66. The molecule has 0 aromatic carbocycles. The van der Waals surface area contributed by atoms with E-state index in [9.17, 15) is 9.90 Å². The fourth-order valence-corrected chi connectivity index (χ4v) is 2.41. The molecule has 0 spiro atoms. The lowest BCUT2D eigenvalue weighted by Crippen LogP contribution is -2.43. The predicted octanol–water partition coefficient (Wildman–Crippen LogP) is 0.261. The van der Waals surface area contributed by atoms with Crippen molar-refractivity contribution in [3.63, 3.8) is 0 Å². The van der Waals surface area contributed by atoms with Gasteiger partial charge in [0.05, 0.1) is 18.3 Å². The number of aromatic nitrogens is 3. The standard InChI is InChI=1S/C12H20N4O3/c17-11(18)10-8-16(15-14-10)7-6-13-9-12(19)4-2-1-3-5-12/h8,13,19H,1-7,9H2,(H,17,18). The van der Waals surface area contributed by atoms with Gasteiger partial charge in [-0.2, -0.15) is 0 Å². The Hall–Kier alpha value is -1.47. The first-order valence-electron chi connectivity index (χ1n) is 6.66. The van der Waals surface area contributed by atoms with E-state index >= 15 is 0 Å². The van der Waals surface area contributed by atoms with E-state index in [0.717, 1.165) is 25.7 Å². The second-order valence-corrected chi connectivity index (χ2v) is 5.13. The van der Waals surface area contributed by atoms with E-state index in [4.69, 9.17) is 5.11 Å². The highest BCUT2D eigenvalue weighted by molar-refractivity contribution is 5.84. The van der Waals surface area contributed by atoms with Crippen LogP contribution in [0.3, 0.4) is 0 Å². The van der Waals surface area contributed by atoms with E-state index in [0.29, 0.717) is 19.6 Å². The lowest BCUT2D eigenvalue weighted by Gasteiger charge is -2.32. The summed E-state index contributed by atoms with van der Waals surface area (Å²) in [6, 6.07) is 0. The van der Waals surface area contributed by atoms with Crippen LogP contribution in [0.4, 0.5) is 0 Å². The number of nitrogens with zero attached hydrogens (tertiary/aromatic N) is 3. The van der Waals surface area contributed by atoms with Crippen LogP contribution in [0.1, 0.15) is 42.6 Å². The van der Waals surface area contributed by atoms with Gasteiger partial charge in [0.2, 0.25) is 0 Å². The van der Waals surface area contributed by atoms with Crippen LogP contribution in [-0.2, 0) is 6.54 Å². The van der Waals surface area contributed by atoms with Crippen LogP contribution < -0.4 is 5.32 Å². The van der Waals surface area contributed by atoms with Gasteiger partial charge in [-0.3, -0.25) is 4.68 Å². The van der Waals surface area contributed by atoms with Gasteiger partial charge in [-0.15, -0.1) is 5.10 Å². The van der Waals surface area contributed by atoms with Crippen molar-refractivity contribution in [1.82, 2.24) is 20.3 Å². The van der Waals surface area contributed by atoms with Gasteiger partial charge >= 0.3 is 5.97 Å². The molecule has 3 N–H and O–H groups in total. The molecule has 1 heterocycles. The summed E-state index contributed by atoms with van der Waals surface area (Å²) < 4.78 is 1.49. The maximum absolute atomic E-state index is 10.6. The molecule has 0 saturated heterocycles. The first kappa shape index (κ1) is 14.0. The van der Waals surface area contributed by atoms with Gasteiger partial charge in [-0.1, -0.05) is 24.5 Å². The smallest absolute Gasteiger partial charge is 0.358 e. The van der Waals surface area contributed by atoms with E-state index < -0.39 is 11.6 Å². The van der Waals surface area contributed by atoms with Crippen molar-refractivity contribution in [1.29, 1.82) is 0 Å². The maximum Gasteiger partial charge on any atom is 0.358 e. The molecular weight excluding hydrogens is 248 g/mol. The van der Waals surface area contributed by atoms with Crippen molar-refractivity contribution in [2.75, 3.05) is 13.1 Å². The Bertz CT molecular complexity index is 426. The molecule has 1 saturated carbocycles. The average Bonchev–Trinajstić information content (AvgIpc) is 2.84. The molecule has 0 aliphatic heterocycles. The van der Waals surface area contributed by atoms with Crippen LogP contribution in [0.15, 0.2) is 6.20 Å². The van der Waals surface area contributed by atoms with Gasteiger partial charge in [-0.05, 0) is 12.8 Å². The highest BCUT2D eigenvalue weighted by Gasteiger charge is 2.28. The minimum atomic E-state index is -1.07. The molecule has 2 rings (SSSR count). The number of hydrogen-bond donors (Lipinski definition) is 3. The second-order valence-electron chi connectivity index (χ2n) is 5.13. The molecule has 0 radical (unpaired) electrons. The van der Waals surface area contributed by atoms with Gasteiger partial charge < -0.3 is 15.5 Å². The average molecular weight is 268 g/mol. The molecular formula is C12H20N4O3. The van der Waals surface area contributed by atoms with Crippen molar-refractivity contribution in [3.05, 3.63) is 11.9 Å². The fraction of sp³-hybridized carbons (Fsp3) is 0.750. The zero-order valence-corrected chi connectivity index (χ0v) is 10.9. The molecule has 7 heteroatoms. The van der Waals surface area contributed by atoms with Crippen LogP contribution in [0.2, 0.25) is 0 Å². The van der Waals surface area contributed by atoms with E-state index in [-0.39, 0.29) is 5.69 Å². The highest BCUT2D eigenvalue weighted by atomic mass is 16.4. The van der Waals surface area contributed by atoms with Gasteiger partial charge in [0.15, 0.2) is 5.69 Å². The maximum atomic E-state index is 10.6. The summed E-state index contributed by atoms with van der Waals surface area (Å²) in [6.45, 7) is 1.74. The SMILES string of the molecule is O=C(O)c1cn(CCNCC2(O)CCCCC2)nn1. The molecule has 106 valence electrons. The Morgan fingerprint density at radius 1 is 1.42 bits per heavy atom. The van der Waals surface area contributed by atoms with Crippen LogP contribution in [0.5, 0.6) is 0 Å². The summed E-state index contributed by atoms with van der Waals surface area (Å²) in [5, 5.41) is 29.4. The van der Waals surface area contributed by atoms with Crippen molar-refractivity contribution in [2.24, 2.45) is 0 Å². The Morgan fingerprint density at radius 3 is 2.79 bits per heavy atom. The molecule has 19 heavy (non-hydrogen) atoms. The summed E-state index contributed by atoms with van der Waals surface area (Å²) in [7, 11) is 0. The Kier molecular flexibility index (Phi) is 4.49. The zero-order chi connectivity index (χ0) is 13.7. The van der Waals surface area contributed by atoms with Crippen LogP contribution in [0.25, 0.3) is 0 Å². The van der Waals surface area contributed by atoms with E-state index in [1.165, 1.54) is 17.3 Å². The number of rotatable bonds is 6. The number of carboxylic acids is 1. The molecule has 1 fully saturated rings. The summed E-state index contributed by atoms with van der Waals surface area (Å²) in [5.41, 5.74) is -0.627. The quantitative estimate of drug-likeness (QED) is 0.640. The number of carboxylic acid groups (broad SMARTS) is 1. The number of hydrogen-bond acceptors (Lipinski definition) is 5. The van der Waals surface area contributed by atoms with Crippen molar-refractivity contribution >= 4 is 5.97 Å². The second kappa shape index (κ2) is 6.12. The number of aliphatic hydroxyl groups is 1. The summed E-state index contributed by atoms with van der Waals surface area (Å²) in [6.07, 6.45) is 6.49. The van der Waals surface area contributed by atoms with E-state index in [1.54, 1.807) is 0 Å². The Morgan fingerprint density at radius 2 is 2.16 bits per heavy atom. The number of carbonyl (C=O) groups is 1. The molecule has 7 nitrogen and oxygen atoms in total. The van der Waals surface area contributed by atoms with Crippen LogP contribution >= 0.6 is 0 Å². The summed E-state index contributed by atoms with van der Waals surface area (Å²) in [4.78, 5) is 10.6. The predicted molar refractivity (Wildman–Crippen MR) is 67.9 cm³/mol. The molecule has 1 aromatic heterocycles. The van der Waals surface area contributed by atoms with Crippen molar-refractivity contribution in [2.45, 2.75) is 44.2 Å². The lowest BCUT2D eigenvalue weighted by atomic mass is 9.85. The van der Waals surface area contributed by atoms with Gasteiger partial charge in [0, 0.05) is 13.1 Å². The largest absolute Gasteiger partial charge is 0.476 e. The minimum absolute atomic E-state index is 0.0501. The Balaban J connectivity index is 1.69. The van der Waals surface area contributed by atoms with Gasteiger partial charge in [0.1, 0.15) is 0 Å². The molecule has 1 aromatic rings. The molecule has 0 amide bonds. The third kappa shape index (κ3) is 4.00. The Labute approximate surface area is 111 Å². The van der Waals surface area contributed by atoms with Crippen LogP contribution in [-0.4, -0.2) is 49.9 Å². The van der Waals surface area contributed by atoms with E-state index in [2.05, 4.69) is 15.6 Å². The summed E-state index contributed by atoms with van der Waals surface area (Å²) >= 11 is 0. The normalized spacial score (nSPS) is 18.4. The molecule has 0 unspecified atom stereocenters. The monoisotopic (exact) mass is 268 g/mol. The van der Waals surface area contributed by atoms with E-state index in [1.807, 2.05) is 0 Å². The third-order valence-electron chi connectivity index (χ3n) is 3.51. The first-order chi connectivity index (χ1) is 9.09. The summed E-state index contributed by atoms with van der Waals surface area (Å²) in [5.74, 6) is -1.07. The van der Waals surface area contributed by atoms with Crippen molar-refractivity contribution < 1.29 is 15.0 Å². The lowest BCUT2D eigenvalue weighted by molar-refractivity contribution is 0.00490. The van der Waals surface area contributed by atoms with Crippen molar-refractivity contribution in [3.8, 4) is 0 Å². The van der Waals surface area contributed by atoms with Crippen LogP contribution in [0, 0.1) is 0 Å². The minimum Gasteiger partial charge on any atom is -0.476 e. The van der Waals surface area contributed by atoms with Gasteiger partial charge in [-0.25, -0.2) is 4.79 Å². The molecule has 1 aliphatic rings. The zero-order valence-electron chi connectivity index (χ0n) is 10.9. The third-order valence-corrected chi connectivity index (χ3v) is 3.51. The number of aromatic carboxylic acids is 1. The highest BCUT2D eigenvalue weighted by Crippen LogP contribution is 2.27. The molecule has 1 aliphatic carbocycles. The van der Waals surface area contributed by atoms with Gasteiger partial charge in [0.25, 0.3) is 0 Å². The molecule has 0 atom stereocenters.